The van der Waals surface area contributed by atoms with Crippen molar-refractivity contribution in [3.63, 3.8) is 0 Å². The predicted molar refractivity (Wildman–Crippen MR) is 73.6 cm³/mol. The molecule has 0 bridgehead atoms. The first-order valence-corrected chi connectivity index (χ1v) is 5.94. The fourth-order valence-electron chi connectivity index (χ4n) is 1.84. The molecule has 3 nitrogen and oxygen atoms in total. The van der Waals surface area contributed by atoms with Gasteiger partial charge in [-0.3, -0.25) is 4.79 Å². The Morgan fingerprint density at radius 2 is 1.68 bits per heavy atom. The van der Waals surface area contributed by atoms with Gasteiger partial charge in [-0.15, -0.1) is 0 Å². The third-order valence-electron chi connectivity index (χ3n) is 2.81. The van der Waals surface area contributed by atoms with E-state index in [1.807, 2.05) is 36.4 Å². The van der Waals surface area contributed by atoms with E-state index < -0.39 is 0 Å². The van der Waals surface area contributed by atoms with Gasteiger partial charge < -0.3 is 4.74 Å². The maximum atomic E-state index is 10.6. The summed E-state index contributed by atoms with van der Waals surface area (Å²) in [6, 6.07) is 18.6. The molecule has 0 saturated carbocycles. The van der Waals surface area contributed by atoms with Gasteiger partial charge in [-0.05, 0) is 36.4 Å². The number of para-hydroxylation sites is 1. The van der Waals surface area contributed by atoms with Crippen molar-refractivity contribution in [2.45, 2.75) is 0 Å². The molecule has 0 spiro atoms. The molecule has 0 aliphatic rings. The molecule has 0 radical (unpaired) electrons. The van der Waals surface area contributed by atoms with E-state index in [0.29, 0.717) is 17.2 Å². The molecule has 0 unspecified atom stereocenters. The summed E-state index contributed by atoms with van der Waals surface area (Å²) in [5.41, 5.74) is 1.52. The van der Waals surface area contributed by atoms with Crippen LogP contribution in [-0.2, 0) is 0 Å². The van der Waals surface area contributed by atoms with Crippen molar-refractivity contribution in [3.05, 3.63) is 66.2 Å². The lowest BCUT2D eigenvalue weighted by molar-refractivity contribution is 0.112. The molecule has 3 heteroatoms. The summed E-state index contributed by atoms with van der Waals surface area (Å²) in [6.45, 7) is 0. The fourth-order valence-corrected chi connectivity index (χ4v) is 1.84. The highest BCUT2D eigenvalue weighted by molar-refractivity contribution is 5.79. The van der Waals surface area contributed by atoms with Crippen molar-refractivity contribution < 1.29 is 9.53 Å². The Balaban J connectivity index is 1.89. The second kappa shape index (κ2) is 4.90. The number of pyridine rings is 1. The minimum Gasteiger partial charge on any atom is -0.439 e. The van der Waals surface area contributed by atoms with E-state index in [-0.39, 0.29) is 0 Å². The van der Waals surface area contributed by atoms with Crippen molar-refractivity contribution in [1.29, 1.82) is 0 Å². The molecular weight excluding hydrogens is 238 g/mol. The third-order valence-corrected chi connectivity index (χ3v) is 2.81. The maximum absolute atomic E-state index is 10.6. The molecule has 0 N–H and O–H groups in total. The van der Waals surface area contributed by atoms with Crippen molar-refractivity contribution in [3.8, 4) is 11.6 Å². The Labute approximate surface area is 110 Å². The van der Waals surface area contributed by atoms with Crippen molar-refractivity contribution >= 4 is 17.2 Å². The highest BCUT2D eigenvalue weighted by Gasteiger charge is 2.01. The van der Waals surface area contributed by atoms with E-state index in [2.05, 4.69) is 4.98 Å². The van der Waals surface area contributed by atoms with Crippen molar-refractivity contribution in [2.24, 2.45) is 0 Å². The molecule has 1 heterocycles. The average Bonchev–Trinajstić information content (AvgIpc) is 2.48. The second-order valence-electron chi connectivity index (χ2n) is 4.13. The van der Waals surface area contributed by atoms with Crippen LogP contribution in [0, 0.1) is 0 Å². The van der Waals surface area contributed by atoms with E-state index >= 15 is 0 Å². The molecule has 3 rings (SSSR count). The molecule has 0 aliphatic heterocycles. The van der Waals surface area contributed by atoms with Gasteiger partial charge >= 0.3 is 0 Å². The molecular formula is C16H11NO2. The molecule has 0 aliphatic carbocycles. The molecule has 0 fully saturated rings. The summed E-state index contributed by atoms with van der Waals surface area (Å²) in [7, 11) is 0. The largest absolute Gasteiger partial charge is 0.439 e. The van der Waals surface area contributed by atoms with Crippen LogP contribution in [0.2, 0.25) is 0 Å². The van der Waals surface area contributed by atoms with Crippen LogP contribution in [0.4, 0.5) is 0 Å². The lowest BCUT2D eigenvalue weighted by atomic mass is 10.2. The van der Waals surface area contributed by atoms with Crippen LogP contribution in [0.25, 0.3) is 10.9 Å². The molecule has 0 saturated heterocycles. The number of ether oxygens (including phenoxy) is 1. The Hall–Kier alpha value is -2.68. The number of aldehydes is 1. The molecule has 92 valence electrons. The number of hydrogen-bond acceptors (Lipinski definition) is 3. The SMILES string of the molecule is O=Cc1ccc(Oc2ccc3ccccc3n2)cc1. The van der Waals surface area contributed by atoms with Gasteiger partial charge in [-0.2, -0.15) is 0 Å². The van der Waals surface area contributed by atoms with Gasteiger partial charge in [-0.25, -0.2) is 4.98 Å². The zero-order valence-corrected chi connectivity index (χ0v) is 10.1. The van der Waals surface area contributed by atoms with E-state index in [4.69, 9.17) is 4.74 Å². The zero-order chi connectivity index (χ0) is 13.1. The number of hydrogen-bond donors (Lipinski definition) is 0. The summed E-state index contributed by atoms with van der Waals surface area (Å²) >= 11 is 0. The minimum absolute atomic E-state index is 0.539. The van der Waals surface area contributed by atoms with E-state index in [1.165, 1.54) is 0 Å². The lowest BCUT2D eigenvalue weighted by Gasteiger charge is -2.05. The zero-order valence-electron chi connectivity index (χ0n) is 10.1. The summed E-state index contributed by atoms with van der Waals surface area (Å²) in [5.74, 6) is 1.20. The van der Waals surface area contributed by atoms with Gasteiger partial charge in [-0.1, -0.05) is 18.2 Å². The van der Waals surface area contributed by atoms with Gasteiger partial charge in [0.25, 0.3) is 0 Å². The van der Waals surface area contributed by atoms with Crippen molar-refractivity contribution in [1.82, 2.24) is 4.98 Å². The number of fused-ring (bicyclic) bond motifs is 1. The first-order chi connectivity index (χ1) is 9.35. The van der Waals surface area contributed by atoms with Gasteiger partial charge in [0.15, 0.2) is 0 Å². The molecule has 2 aromatic carbocycles. The Bertz CT molecular complexity index is 720. The number of carbonyl (C=O) groups is 1. The van der Waals surface area contributed by atoms with Crippen molar-refractivity contribution in [2.75, 3.05) is 0 Å². The first kappa shape index (κ1) is 11.4. The Morgan fingerprint density at radius 3 is 2.47 bits per heavy atom. The number of rotatable bonds is 3. The van der Waals surface area contributed by atoms with Gasteiger partial charge in [0.1, 0.15) is 12.0 Å². The average molecular weight is 249 g/mol. The van der Waals surface area contributed by atoms with Gasteiger partial charge in [0.2, 0.25) is 5.88 Å². The third kappa shape index (κ3) is 2.45. The second-order valence-corrected chi connectivity index (χ2v) is 4.13. The van der Waals surface area contributed by atoms with Crippen LogP contribution < -0.4 is 4.74 Å². The van der Waals surface area contributed by atoms with E-state index in [1.54, 1.807) is 24.3 Å². The number of benzene rings is 2. The Morgan fingerprint density at radius 1 is 0.895 bits per heavy atom. The number of nitrogens with zero attached hydrogens (tertiary/aromatic N) is 1. The van der Waals surface area contributed by atoms with E-state index in [0.717, 1.165) is 17.2 Å². The minimum atomic E-state index is 0.539. The highest BCUT2D eigenvalue weighted by atomic mass is 16.5. The highest BCUT2D eigenvalue weighted by Crippen LogP contribution is 2.22. The predicted octanol–water partition coefficient (Wildman–Crippen LogP) is 3.84. The summed E-state index contributed by atoms with van der Waals surface area (Å²) in [6.07, 6.45) is 0.804. The normalized spacial score (nSPS) is 10.3. The van der Waals surface area contributed by atoms with Crippen LogP contribution in [0.3, 0.4) is 0 Å². The van der Waals surface area contributed by atoms with Gasteiger partial charge in [0, 0.05) is 17.0 Å². The van der Waals surface area contributed by atoms with Crippen LogP contribution in [-0.4, -0.2) is 11.3 Å². The summed E-state index contributed by atoms with van der Waals surface area (Å²) in [5, 5.41) is 1.08. The standard InChI is InChI=1S/C16H11NO2/c18-11-12-5-8-14(9-6-12)19-16-10-7-13-3-1-2-4-15(13)17-16/h1-11H. The molecule has 19 heavy (non-hydrogen) atoms. The molecule has 0 amide bonds. The monoisotopic (exact) mass is 249 g/mol. The quantitative estimate of drug-likeness (QED) is 0.662. The fraction of sp³-hybridized carbons (Fsp3) is 0. The topological polar surface area (TPSA) is 39.2 Å². The molecule has 0 atom stereocenters. The van der Waals surface area contributed by atoms with Crippen LogP contribution in [0.1, 0.15) is 10.4 Å². The first-order valence-electron chi connectivity index (χ1n) is 5.94. The van der Waals surface area contributed by atoms with Crippen LogP contribution >= 0.6 is 0 Å². The van der Waals surface area contributed by atoms with Gasteiger partial charge in [0.05, 0.1) is 5.52 Å². The lowest BCUT2D eigenvalue weighted by Crippen LogP contribution is -1.89. The molecule has 3 aromatic rings. The molecule has 1 aromatic heterocycles. The number of aromatic nitrogens is 1. The summed E-state index contributed by atoms with van der Waals surface area (Å²) in [4.78, 5) is 15.0. The maximum Gasteiger partial charge on any atom is 0.219 e. The van der Waals surface area contributed by atoms with Crippen LogP contribution in [0.5, 0.6) is 11.6 Å². The Kier molecular flexibility index (Phi) is 2.94. The smallest absolute Gasteiger partial charge is 0.219 e. The van der Waals surface area contributed by atoms with Crippen LogP contribution in [0.15, 0.2) is 60.7 Å². The van der Waals surface area contributed by atoms with E-state index in [9.17, 15) is 4.79 Å². The summed E-state index contributed by atoms with van der Waals surface area (Å²) < 4.78 is 5.66. The number of carbonyl (C=O) groups excluding carboxylic acids is 1.